The van der Waals surface area contributed by atoms with E-state index in [1.807, 2.05) is 50.3 Å². The molecule has 6 nitrogen and oxygen atoms in total. The molecule has 0 amide bonds. The summed E-state index contributed by atoms with van der Waals surface area (Å²) in [4.78, 5) is 9.23. The molecule has 0 saturated heterocycles. The number of nitrogens with zero attached hydrogens (tertiary/aromatic N) is 2. The van der Waals surface area contributed by atoms with Gasteiger partial charge < -0.3 is 19.0 Å². The maximum atomic E-state index is 6.05. The molecule has 0 unspecified atom stereocenters. The van der Waals surface area contributed by atoms with Crippen molar-refractivity contribution in [2.45, 2.75) is 59.8 Å². The van der Waals surface area contributed by atoms with Crippen molar-refractivity contribution in [1.82, 2.24) is 4.98 Å². The van der Waals surface area contributed by atoms with E-state index in [1.165, 1.54) is 0 Å². The van der Waals surface area contributed by atoms with Crippen LogP contribution in [0.25, 0.3) is 0 Å². The van der Waals surface area contributed by atoms with Crippen molar-refractivity contribution in [3.63, 3.8) is 0 Å². The van der Waals surface area contributed by atoms with E-state index in [4.69, 9.17) is 19.0 Å². The summed E-state index contributed by atoms with van der Waals surface area (Å²) in [7, 11) is 1.55. The molecule has 0 atom stereocenters. The van der Waals surface area contributed by atoms with Crippen LogP contribution in [0.4, 0.5) is 0 Å². The van der Waals surface area contributed by atoms with Crippen molar-refractivity contribution in [1.29, 1.82) is 0 Å². The molecule has 0 aliphatic rings. The standard InChI is InChI=1S/C27H38N2O4/c1-6-8-15-31-24-18-21(3)27(22(4)19-24)33-17-12-10-9-11-16-32-26-14-13-23(20-28-26)25(7-2)29-30-5/h6,8,13-14,18-20H,7,9-12,15-17H2,1-5H3/b8-6+,29-25+. The van der Waals surface area contributed by atoms with Gasteiger partial charge in [-0.25, -0.2) is 4.98 Å². The molecule has 0 radical (unpaired) electrons. The average Bonchev–Trinajstić information content (AvgIpc) is 2.81. The van der Waals surface area contributed by atoms with Crippen molar-refractivity contribution in [2.75, 3.05) is 26.9 Å². The largest absolute Gasteiger partial charge is 0.493 e. The highest BCUT2D eigenvalue weighted by molar-refractivity contribution is 5.99. The summed E-state index contributed by atoms with van der Waals surface area (Å²) in [5.41, 5.74) is 4.04. The highest BCUT2D eigenvalue weighted by atomic mass is 16.6. The number of aromatic nitrogens is 1. The first-order valence-electron chi connectivity index (χ1n) is 11.8. The van der Waals surface area contributed by atoms with Crippen molar-refractivity contribution >= 4 is 5.71 Å². The van der Waals surface area contributed by atoms with Gasteiger partial charge in [-0.05, 0) is 82.2 Å². The van der Waals surface area contributed by atoms with Gasteiger partial charge in [-0.2, -0.15) is 0 Å². The number of hydrogen-bond acceptors (Lipinski definition) is 6. The number of unbranched alkanes of at least 4 members (excludes halogenated alkanes) is 3. The Morgan fingerprint density at radius 2 is 1.67 bits per heavy atom. The second-order valence-electron chi connectivity index (χ2n) is 7.84. The maximum absolute atomic E-state index is 6.05. The van der Waals surface area contributed by atoms with E-state index in [-0.39, 0.29) is 0 Å². The molecule has 33 heavy (non-hydrogen) atoms. The van der Waals surface area contributed by atoms with E-state index >= 15 is 0 Å². The number of benzene rings is 1. The summed E-state index contributed by atoms with van der Waals surface area (Å²) in [5.74, 6) is 2.49. The first-order chi connectivity index (χ1) is 16.1. The lowest BCUT2D eigenvalue weighted by atomic mass is 10.1. The normalized spacial score (nSPS) is 11.6. The van der Waals surface area contributed by atoms with Crippen LogP contribution in [-0.4, -0.2) is 37.6 Å². The van der Waals surface area contributed by atoms with Crippen LogP contribution in [0.5, 0.6) is 17.4 Å². The maximum Gasteiger partial charge on any atom is 0.213 e. The molecule has 0 aliphatic heterocycles. The number of rotatable bonds is 15. The van der Waals surface area contributed by atoms with Crippen LogP contribution in [0.1, 0.15) is 62.6 Å². The molecule has 1 aromatic carbocycles. The molecule has 0 N–H and O–H groups in total. The first kappa shape index (κ1) is 26.2. The first-order valence-corrected chi connectivity index (χ1v) is 11.8. The summed E-state index contributed by atoms with van der Waals surface area (Å²) in [6.45, 7) is 10.1. The number of pyridine rings is 1. The average molecular weight is 455 g/mol. The molecule has 2 aromatic rings. The van der Waals surface area contributed by atoms with Gasteiger partial charge in [-0.3, -0.25) is 0 Å². The van der Waals surface area contributed by atoms with Crippen LogP contribution in [0.3, 0.4) is 0 Å². The van der Waals surface area contributed by atoms with E-state index in [0.717, 1.165) is 66.0 Å². The van der Waals surface area contributed by atoms with Crippen LogP contribution in [-0.2, 0) is 4.84 Å². The molecule has 0 saturated carbocycles. The van der Waals surface area contributed by atoms with E-state index in [9.17, 15) is 0 Å². The second-order valence-corrected chi connectivity index (χ2v) is 7.84. The molecule has 2 rings (SSSR count). The third kappa shape index (κ3) is 9.16. The molecule has 1 heterocycles. The lowest BCUT2D eigenvalue weighted by Crippen LogP contribution is -2.04. The SMILES string of the molecule is C/C=C/COc1cc(C)c(OCCCCCCOc2ccc(/C(CC)=N/OC)cn2)c(C)c1. The van der Waals surface area contributed by atoms with Crippen molar-refractivity contribution in [3.8, 4) is 17.4 Å². The number of aryl methyl sites for hydroxylation is 2. The van der Waals surface area contributed by atoms with E-state index in [2.05, 4.69) is 24.0 Å². The smallest absolute Gasteiger partial charge is 0.213 e. The van der Waals surface area contributed by atoms with Gasteiger partial charge in [0.05, 0.1) is 18.9 Å². The molecule has 180 valence electrons. The summed E-state index contributed by atoms with van der Waals surface area (Å²) in [5, 5.41) is 4.02. The van der Waals surface area contributed by atoms with Gasteiger partial charge in [-0.1, -0.05) is 24.2 Å². The zero-order valence-corrected chi connectivity index (χ0v) is 20.7. The zero-order chi connectivity index (χ0) is 23.9. The summed E-state index contributed by atoms with van der Waals surface area (Å²) >= 11 is 0. The van der Waals surface area contributed by atoms with Gasteiger partial charge in [0.25, 0.3) is 0 Å². The number of oxime groups is 1. The molecule has 1 aromatic heterocycles. The Bertz CT molecular complexity index is 868. The van der Waals surface area contributed by atoms with Gasteiger partial charge in [0, 0.05) is 17.8 Å². The Hall–Kier alpha value is -3.02. The van der Waals surface area contributed by atoms with Crippen LogP contribution >= 0.6 is 0 Å². The van der Waals surface area contributed by atoms with E-state index in [1.54, 1.807) is 13.3 Å². The predicted octanol–water partition coefficient (Wildman–Crippen LogP) is 6.43. The Morgan fingerprint density at radius 3 is 2.24 bits per heavy atom. The molecular formula is C27H38N2O4. The Balaban J connectivity index is 1.63. The third-order valence-electron chi connectivity index (χ3n) is 5.16. The molecule has 0 aliphatic carbocycles. The second kappa shape index (κ2) is 14.9. The van der Waals surface area contributed by atoms with Crippen molar-refractivity contribution < 1.29 is 19.0 Å². The summed E-state index contributed by atoms with van der Waals surface area (Å²) in [6.07, 6.45) is 10.8. The minimum absolute atomic E-state index is 0.587. The molecular weight excluding hydrogens is 416 g/mol. The third-order valence-corrected chi connectivity index (χ3v) is 5.16. The van der Waals surface area contributed by atoms with Gasteiger partial charge >= 0.3 is 0 Å². The number of hydrogen-bond donors (Lipinski definition) is 0. The quantitative estimate of drug-likeness (QED) is 0.134. The molecule has 0 fully saturated rings. The van der Waals surface area contributed by atoms with Gasteiger partial charge in [0.2, 0.25) is 5.88 Å². The van der Waals surface area contributed by atoms with E-state index < -0.39 is 0 Å². The minimum atomic E-state index is 0.587. The lowest BCUT2D eigenvalue weighted by molar-refractivity contribution is 0.213. The highest BCUT2D eigenvalue weighted by Crippen LogP contribution is 2.28. The minimum Gasteiger partial charge on any atom is -0.493 e. The molecule has 0 bridgehead atoms. The van der Waals surface area contributed by atoms with Crippen molar-refractivity contribution in [2.24, 2.45) is 5.16 Å². The van der Waals surface area contributed by atoms with Crippen molar-refractivity contribution in [3.05, 3.63) is 59.3 Å². The summed E-state index contributed by atoms with van der Waals surface area (Å²) < 4.78 is 17.5. The van der Waals surface area contributed by atoms with Crippen LogP contribution < -0.4 is 14.2 Å². The summed E-state index contributed by atoms with van der Waals surface area (Å²) in [6, 6.07) is 7.92. The van der Waals surface area contributed by atoms with Crippen LogP contribution in [0.2, 0.25) is 0 Å². The fourth-order valence-corrected chi connectivity index (χ4v) is 3.44. The molecule has 0 spiro atoms. The van der Waals surface area contributed by atoms with Gasteiger partial charge in [-0.15, -0.1) is 0 Å². The Morgan fingerprint density at radius 1 is 0.970 bits per heavy atom. The van der Waals surface area contributed by atoms with Crippen LogP contribution in [0.15, 0.2) is 47.8 Å². The fraction of sp³-hybridized carbons (Fsp3) is 0.481. The monoisotopic (exact) mass is 454 g/mol. The highest BCUT2D eigenvalue weighted by Gasteiger charge is 2.07. The zero-order valence-electron chi connectivity index (χ0n) is 20.7. The molecule has 6 heteroatoms. The van der Waals surface area contributed by atoms with Gasteiger partial charge in [0.1, 0.15) is 25.2 Å². The Labute approximate surface area is 198 Å². The predicted molar refractivity (Wildman–Crippen MR) is 134 cm³/mol. The number of ether oxygens (including phenoxy) is 3. The fourth-order valence-electron chi connectivity index (χ4n) is 3.44. The Kier molecular flexibility index (Phi) is 11.9. The topological polar surface area (TPSA) is 62.2 Å². The lowest BCUT2D eigenvalue weighted by Gasteiger charge is -2.14. The van der Waals surface area contributed by atoms with Crippen LogP contribution in [0, 0.1) is 13.8 Å². The number of allylic oxidation sites excluding steroid dienone is 1. The van der Waals surface area contributed by atoms with E-state index in [0.29, 0.717) is 25.7 Å². The van der Waals surface area contributed by atoms with Gasteiger partial charge in [0.15, 0.2) is 0 Å².